The van der Waals surface area contributed by atoms with Gasteiger partial charge in [0.15, 0.2) is 11.6 Å². The first-order valence-corrected chi connectivity index (χ1v) is 10.2. The molecule has 4 amide bonds. The predicted molar refractivity (Wildman–Crippen MR) is 100 cm³/mol. The highest BCUT2D eigenvalue weighted by molar-refractivity contribution is 7.90. The summed E-state index contributed by atoms with van der Waals surface area (Å²) >= 11 is 0. The number of rotatable bonds is 3. The van der Waals surface area contributed by atoms with Gasteiger partial charge in [-0.2, -0.15) is 0 Å². The van der Waals surface area contributed by atoms with Gasteiger partial charge in [0.25, 0.3) is 21.8 Å². The van der Waals surface area contributed by atoms with E-state index in [1.165, 1.54) is 30.3 Å². The van der Waals surface area contributed by atoms with Crippen molar-refractivity contribution < 1.29 is 31.9 Å². The molecule has 0 bridgehead atoms. The van der Waals surface area contributed by atoms with Gasteiger partial charge in [0.05, 0.1) is 4.90 Å². The summed E-state index contributed by atoms with van der Waals surface area (Å²) < 4.78 is 45.5. The molecule has 156 valence electrons. The van der Waals surface area contributed by atoms with Crippen molar-refractivity contribution in [2.75, 3.05) is 0 Å². The summed E-state index contributed by atoms with van der Waals surface area (Å²) in [5.74, 6) is -2.90. The van der Waals surface area contributed by atoms with Gasteiger partial charge in [0, 0.05) is 12.0 Å². The van der Waals surface area contributed by atoms with Crippen molar-refractivity contribution in [1.29, 1.82) is 0 Å². The van der Waals surface area contributed by atoms with Gasteiger partial charge in [-0.05, 0) is 37.3 Å². The number of carbonyl (C=O) groups is 3. The Balaban J connectivity index is 1.86. The van der Waals surface area contributed by atoms with E-state index in [-0.39, 0.29) is 20.5 Å². The average Bonchev–Trinajstić information content (AvgIpc) is 2.93. The number of ether oxygens (including phenoxy) is 1. The van der Waals surface area contributed by atoms with Crippen LogP contribution in [0.3, 0.4) is 0 Å². The van der Waals surface area contributed by atoms with Crippen LogP contribution >= 0.6 is 0 Å². The van der Waals surface area contributed by atoms with Gasteiger partial charge in [-0.15, -0.1) is 4.31 Å². The molecule has 1 fully saturated rings. The summed E-state index contributed by atoms with van der Waals surface area (Å²) in [5, 5.41) is 2.33. The van der Waals surface area contributed by atoms with Crippen molar-refractivity contribution in [3.05, 3.63) is 59.4 Å². The molecule has 2 aromatic carbocycles. The molecule has 30 heavy (non-hydrogen) atoms. The second kappa shape index (κ2) is 6.52. The number of aryl methyl sites for hydroxylation is 1. The summed E-state index contributed by atoms with van der Waals surface area (Å²) in [6.45, 7) is 1.75. The highest BCUT2D eigenvalue weighted by Crippen LogP contribution is 2.44. The zero-order chi connectivity index (χ0) is 21.8. The van der Waals surface area contributed by atoms with E-state index in [2.05, 4.69) is 5.32 Å². The van der Waals surface area contributed by atoms with Crippen LogP contribution in [-0.2, 0) is 25.2 Å². The molecule has 1 spiro atoms. The molecule has 2 aromatic rings. The van der Waals surface area contributed by atoms with E-state index in [1.54, 1.807) is 6.92 Å². The Bertz CT molecular complexity index is 1200. The Morgan fingerprint density at radius 2 is 1.90 bits per heavy atom. The molecule has 2 heterocycles. The van der Waals surface area contributed by atoms with E-state index in [9.17, 15) is 27.2 Å². The summed E-state index contributed by atoms with van der Waals surface area (Å²) in [7, 11) is -4.56. The Morgan fingerprint density at radius 1 is 1.23 bits per heavy atom. The molecule has 4 rings (SSSR count). The average molecular weight is 433 g/mol. The van der Waals surface area contributed by atoms with E-state index >= 15 is 0 Å². The number of nitrogens with one attached hydrogen (secondary N) is 1. The fourth-order valence-corrected chi connectivity index (χ4v) is 4.92. The molecular formula is C19H16FN3O6S. The van der Waals surface area contributed by atoms with Gasteiger partial charge in [0.1, 0.15) is 11.6 Å². The fourth-order valence-electron chi connectivity index (χ4n) is 3.59. The van der Waals surface area contributed by atoms with Gasteiger partial charge >= 0.3 is 6.03 Å². The summed E-state index contributed by atoms with van der Waals surface area (Å²) in [6.07, 6.45) is -1.82. The van der Waals surface area contributed by atoms with Crippen LogP contribution in [0.4, 0.5) is 9.18 Å². The number of hydrogen-bond acceptors (Lipinski definition) is 6. The van der Waals surface area contributed by atoms with Crippen LogP contribution in [-0.4, -0.2) is 36.7 Å². The largest absolute Gasteiger partial charge is 0.480 e. The number of primary amides is 1. The number of urea groups is 1. The first-order chi connectivity index (χ1) is 14.1. The van der Waals surface area contributed by atoms with Crippen LogP contribution < -0.4 is 15.8 Å². The van der Waals surface area contributed by atoms with Gasteiger partial charge in [0.2, 0.25) is 0 Å². The number of nitrogens with zero attached hydrogens (tertiary/aromatic N) is 1. The Labute approximate surface area is 170 Å². The molecule has 3 N–H and O–H groups in total. The number of benzene rings is 2. The van der Waals surface area contributed by atoms with Crippen LogP contribution in [0.5, 0.6) is 5.75 Å². The first kappa shape index (κ1) is 19.8. The lowest BCUT2D eigenvalue weighted by Crippen LogP contribution is -2.53. The molecule has 2 aliphatic rings. The van der Waals surface area contributed by atoms with Gasteiger partial charge in [-0.1, -0.05) is 17.7 Å². The van der Waals surface area contributed by atoms with Crippen molar-refractivity contribution in [2.24, 2.45) is 5.73 Å². The number of amides is 4. The minimum absolute atomic E-state index is 0.0605. The smallest absolute Gasteiger partial charge is 0.339 e. The molecule has 11 heteroatoms. The maximum atomic E-state index is 13.9. The lowest BCUT2D eigenvalue weighted by atomic mass is 9.81. The van der Waals surface area contributed by atoms with Gasteiger partial charge in [-0.3, -0.25) is 9.59 Å². The fraction of sp³-hybridized carbons (Fsp3) is 0.211. The van der Waals surface area contributed by atoms with E-state index in [0.717, 1.165) is 17.7 Å². The highest BCUT2D eigenvalue weighted by atomic mass is 32.2. The Kier molecular flexibility index (Phi) is 4.31. The zero-order valence-electron chi connectivity index (χ0n) is 15.6. The Hall–Kier alpha value is -3.47. The van der Waals surface area contributed by atoms with Crippen LogP contribution in [0.15, 0.2) is 47.4 Å². The van der Waals surface area contributed by atoms with E-state index in [4.69, 9.17) is 10.5 Å². The van der Waals surface area contributed by atoms with Crippen LogP contribution in [0.25, 0.3) is 0 Å². The third-order valence-electron chi connectivity index (χ3n) is 5.09. The summed E-state index contributed by atoms with van der Waals surface area (Å²) in [4.78, 5) is 37.5. The molecular weight excluding hydrogens is 417 g/mol. The molecule has 1 saturated heterocycles. The highest BCUT2D eigenvalue weighted by Gasteiger charge is 2.61. The zero-order valence-corrected chi connectivity index (χ0v) is 16.4. The number of nitrogens with two attached hydrogens (primary N) is 1. The third kappa shape index (κ3) is 2.81. The van der Waals surface area contributed by atoms with Gasteiger partial charge in [-0.25, -0.2) is 17.6 Å². The standard InChI is InChI=1S/C19H16FN3O6S/c1-10-2-5-12(6-3-10)30(27,28)23-17(25)19(22-18(23)26)9-15(16(21)24)29-14-7-4-11(20)8-13(14)19/h2-8,15H,9H2,1H3,(H2,21,24)(H,22,26). The molecule has 2 atom stereocenters. The van der Waals surface area contributed by atoms with E-state index in [0.29, 0.717) is 0 Å². The molecule has 0 aromatic heterocycles. The SMILES string of the molecule is Cc1ccc(S(=O)(=O)N2C(=O)NC3(CC(C(N)=O)Oc4ccc(F)cc43)C2=O)cc1. The van der Waals surface area contributed by atoms with E-state index < -0.39 is 51.7 Å². The van der Waals surface area contributed by atoms with Crippen molar-refractivity contribution in [3.8, 4) is 5.75 Å². The predicted octanol–water partition coefficient (Wildman–Crippen LogP) is 0.907. The maximum Gasteiger partial charge on any atom is 0.339 e. The van der Waals surface area contributed by atoms with Crippen LogP contribution in [0.1, 0.15) is 17.5 Å². The second-order valence-corrected chi connectivity index (χ2v) is 8.86. The van der Waals surface area contributed by atoms with Crippen LogP contribution in [0.2, 0.25) is 0 Å². The van der Waals surface area contributed by atoms with E-state index in [1.807, 2.05) is 0 Å². The molecule has 2 aliphatic heterocycles. The number of halogens is 1. The molecule has 9 nitrogen and oxygen atoms in total. The molecule has 0 aliphatic carbocycles. The third-order valence-corrected chi connectivity index (χ3v) is 6.77. The lowest BCUT2D eigenvalue weighted by Gasteiger charge is -2.36. The number of hydrogen-bond donors (Lipinski definition) is 2. The number of sulfonamides is 1. The normalized spacial score (nSPS) is 23.1. The van der Waals surface area contributed by atoms with Gasteiger partial charge < -0.3 is 15.8 Å². The minimum Gasteiger partial charge on any atom is -0.480 e. The van der Waals surface area contributed by atoms with Crippen molar-refractivity contribution >= 4 is 27.9 Å². The number of carbonyl (C=O) groups excluding carboxylic acids is 3. The molecule has 2 unspecified atom stereocenters. The van der Waals surface area contributed by atoms with Crippen molar-refractivity contribution in [3.63, 3.8) is 0 Å². The topological polar surface area (TPSA) is 136 Å². The number of fused-ring (bicyclic) bond motifs is 2. The quantitative estimate of drug-likeness (QED) is 0.691. The number of imide groups is 1. The Morgan fingerprint density at radius 3 is 2.53 bits per heavy atom. The lowest BCUT2D eigenvalue weighted by molar-refractivity contribution is -0.133. The molecule has 0 radical (unpaired) electrons. The van der Waals surface area contributed by atoms with Crippen LogP contribution in [0, 0.1) is 12.7 Å². The summed E-state index contributed by atoms with van der Waals surface area (Å²) in [5.41, 5.74) is 3.97. The maximum absolute atomic E-state index is 13.9. The van der Waals surface area contributed by atoms with Crippen molar-refractivity contribution in [2.45, 2.75) is 29.9 Å². The monoisotopic (exact) mass is 433 g/mol. The first-order valence-electron chi connectivity index (χ1n) is 8.81. The van der Waals surface area contributed by atoms with Crippen molar-refractivity contribution in [1.82, 2.24) is 9.62 Å². The second-order valence-electron chi connectivity index (χ2n) is 7.08. The molecule has 0 saturated carbocycles. The summed E-state index contributed by atoms with van der Waals surface area (Å²) in [6, 6.07) is 7.51. The minimum atomic E-state index is -4.56.